The molecule has 0 heterocycles. The summed E-state index contributed by atoms with van der Waals surface area (Å²) in [6.45, 7) is 2.96. The van der Waals surface area contributed by atoms with E-state index in [0.29, 0.717) is 5.41 Å². The van der Waals surface area contributed by atoms with E-state index in [0.717, 1.165) is 32.2 Å². The normalized spacial score (nSPS) is 25.5. The third-order valence-electron chi connectivity index (χ3n) is 4.34. The number of nitriles is 1. The molecule has 0 saturated heterocycles. The Morgan fingerprint density at radius 2 is 1.88 bits per heavy atom. The Morgan fingerprint density at radius 1 is 1.25 bits per heavy atom. The maximum atomic E-state index is 12.1. The SMILES string of the molecule is CC1(CNC(=O)C2(C#N)CCCC2)CCC1. The van der Waals surface area contributed by atoms with Gasteiger partial charge in [-0.2, -0.15) is 5.26 Å². The summed E-state index contributed by atoms with van der Waals surface area (Å²) >= 11 is 0. The summed E-state index contributed by atoms with van der Waals surface area (Å²) in [4.78, 5) is 12.1. The minimum atomic E-state index is -0.708. The third kappa shape index (κ3) is 1.93. The van der Waals surface area contributed by atoms with Gasteiger partial charge in [-0.3, -0.25) is 4.79 Å². The van der Waals surface area contributed by atoms with Crippen molar-refractivity contribution >= 4 is 5.91 Å². The molecule has 16 heavy (non-hydrogen) atoms. The van der Waals surface area contributed by atoms with Crippen molar-refractivity contribution in [3.05, 3.63) is 0 Å². The molecule has 2 aliphatic rings. The van der Waals surface area contributed by atoms with Gasteiger partial charge >= 0.3 is 0 Å². The molecule has 3 heteroatoms. The number of carbonyl (C=O) groups is 1. The number of carbonyl (C=O) groups excluding carboxylic acids is 1. The van der Waals surface area contributed by atoms with E-state index >= 15 is 0 Å². The quantitative estimate of drug-likeness (QED) is 0.794. The van der Waals surface area contributed by atoms with Crippen LogP contribution in [0, 0.1) is 22.2 Å². The van der Waals surface area contributed by atoms with E-state index in [1.165, 1.54) is 19.3 Å². The molecule has 2 rings (SSSR count). The van der Waals surface area contributed by atoms with Crippen LogP contribution in [0.4, 0.5) is 0 Å². The molecule has 2 fully saturated rings. The summed E-state index contributed by atoms with van der Waals surface area (Å²) in [5, 5.41) is 12.2. The molecule has 0 aromatic carbocycles. The molecular formula is C13H20N2O. The van der Waals surface area contributed by atoms with Gasteiger partial charge in [-0.1, -0.05) is 26.2 Å². The number of nitrogens with one attached hydrogen (secondary N) is 1. The number of hydrogen-bond donors (Lipinski definition) is 1. The minimum absolute atomic E-state index is 0.0272. The monoisotopic (exact) mass is 220 g/mol. The predicted molar refractivity (Wildman–Crippen MR) is 61.5 cm³/mol. The van der Waals surface area contributed by atoms with Crippen molar-refractivity contribution in [3.8, 4) is 6.07 Å². The lowest BCUT2D eigenvalue weighted by atomic mass is 9.70. The summed E-state index contributed by atoms with van der Waals surface area (Å²) in [6.07, 6.45) is 7.18. The van der Waals surface area contributed by atoms with Gasteiger partial charge in [0.1, 0.15) is 5.41 Å². The summed E-state index contributed by atoms with van der Waals surface area (Å²) < 4.78 is 0. The van der Waals surface area contributed by atoms with Crippen LogP contribution in [0.5, 0.6) is 0 Å². The number of amides is 1. The van der Waals surface area contributed by atoms with Crippen molar-refractivity contribution in [2.75, 3.05) is 6.54 Å². The van der Waals surface area contributed by atoms with Crippen LogP contribution in [0.2, 0.25) is 0 Å². The first kappa shape index (κ1) is 11.4. The highest BCUT2D eigenvalue weighted by atomic mass is 16.2. The second kappa shape index (κ2) is 4.08. The van der Waals surface area contributed by atoms with Gasteiger partial charge in [0, 0.05) is 6.54 Å². The Balaban J connectivity index is 1.89. The van der Waals surface area contributed by atoms with E-state index in [-0.39, 0.29) is 5.91 Å². The van der Waals surface area contributed by atoms with E-state index < -0.39 is 5.41 Å². The molecule has 0 spiro atoms. The highest BCUT2D eigenvalue weighted by Crippen LogP contribution is 2.41. The third-order valence-corrected chi connectivity index (χ3v) is 4.34. The van der Waals surface area contributed by atoms with Gasteiger partial charge in [-0.25, -0.2) is 0 Å². The molecule has 0 aliphatic heterocycles. The zero-order valence-corrected chi connectivity index (χ0v) is 10.0. The first-order valence-corrected chi connectivity index (χ1v) is 6.30. The maximum absolute atomic E-state index is 12.1. The van der Waals surface area contributed by atoms with Crippen LogP contribution in [0.1, 0.15) is 51.9 Å². The summed E-state index contributed by atoms with van der Waals surface area (Å²) in [6, 6.07) is 2.24. The van der Waals surface area contributed by atoms with Gasteiger partial charge < -0.3 is 5.32 Å². The standard InChI is InChI=1S/C13H20N2O/c1-12(5-4-6-12)10-15-11(16)13(9-14)7-2-3-8-13/h2-8,10H2,1H3,(H,15,16). The van der Waals surface area contributed by atoms with Crippen LogP contribution in [0.25, 0.3) is 0 Å². The second-order valence-corrected chi connectivity index (χ2v) is 5.75. The Kier molecular flexibility index (Phi) is 2.92. The van der Waals surface area contributed by atoms with Crippen molar-refractivity contribution in [1.82, 2.24) is 5.32 Å². The van der Waals surface area contributed by atoms with E-state index in [4.69, 9.17) is 0 Å². The Morgan fingerprint density at radius 3 is 2.31 bits per heavy atom. The van der Waals surface area contributed by atoms with Gasteiger partial charge in [0.2, 0.25) is 5.91 Å². The Bertz CT molecular complexity index is 319. The van der Waals surface area contributed by atoms with Crippen molar-refractivity contribution in [2.45, 2.75) is 51.9 Å². The lowest BCUT2D eigenvalue weighted by Crippen LogP contribution is -2.45. The molecule has 0 aromatic rings. The van der Waals surface area contributed by atoms with Crippen LogP contribution >= 0.6 is 0 Å². The fourth-order valence-electron chi connectivity index (χ4n) is 2.79. The smallest absolute Gasteiger partial charge is 0.240 e. The predicted octanol–water partition coefficient (Wildman–Crippen LogP) is 2.38. The zero-order valence-electron chi connectivity index (χ0n) is 10.0. The molecule has 0 bridgehead atoms. The fourth-order valence-corrected chi connectivity index (χ4v) is 2.79. The average molecular weight is 220 g/mol. The highest BCUT2D eigenvalue weighted by Gasteiger charge is 2.42. The van der Waals surface area contributed by atoms with Crippen LogP contribution in [0.15, 0.2) is 0 Å². The van der Waals surface area contributed by atoms with Crippen LogP contribution in [0.3, 0.4) is 0 Å². The van der Waals surface area contributed by atoms with Gasteiger partial charge in [0.25, 0.3) is 0 Å². The van der Waals surface area contributed by atoms with Crippen LogP contribution in [-0.2, 0) is 4.79 Å². The Hall–Kier alpha value is -1.04. The lowest BCUT2D eigenvalue weighted by Gasteiger charge is -2.39. The number of nitrogens with zero attached hydrogens (tertiary/aromatic N) is 1. The first-order valence-electron chi connectivity index (χ1n) is 6.30. The maximum Gasteiger partial charge on any atom is 0.240 e. The van der Waals surface area contributed by atoms with Gasteiger partial charge in [0.05, 0.1) is 6.07 Å². The molecule has 2 aliphatic carbocycles. The van der Waals surface area contributed by atoms with Crippen LogP contribution in [-0.4, -0.2) is 12.5 Å². The fraction of sp³-hybridized carbons (Fsp3) is 0.846. The molecule has 0 unspecified atom stereocenters. The zero-order chi connectivity index (χ0) is 11.6. The van der Waals surface area contributed by atoms with Gasteiger partial charge in [-0.15, -0.1) is 0 Å². The lowest BCUT2D eigenvalue weighted by molar-refractivity contribution is -0.128. The molecule has 0 atom stereocenters. The Labute approximate surface area is 97.2 Å². The first-order chi connectivity index (χ1) is 7.60. The van der Waals surface area contributed by atoms with Crippen molar-refractivity contribution < 1.29 is 4.79 Å². The van der Waals surface area contributed by atoms with E-state index in [2.05, 4.69) is 18.3 Å². The van der Waals surface area contributed by atoms with Gasteiger partial charge in [0.15, 0.2) is 0 Å². The van der Waals surface area contributed by atoms with Crippen LogP contribution < -0.4 is 5.32 Å². The molecule has 1 N–H and O–H groups in total. The molecule has 0 aromatic heterocycles. The highest BCUT2D eigenvalue weighted by molar-refractivity contribution is 5.85. The van der Waals surface area contributed by atoms with E-state index in [1.807, 2.05) is 0 Å². The van der Waals surface area contributed by atoms with Crippen molar-refractivity contribution in [1.29, 1.82) is 5.26 Å². The van der Waals surface area contributed by atoms with Crippen molar-refractivity contribution in [2.24, 2.45) is 10.8 Å². The molecule has 1 amide bonds. The van der Waals surface area contributed by atoms with Gasteiger partial charge in [-0.05, 0) is 31.1 Å². The second-order valence-electron chi connectivity index (χ2n) is 5.75. The minimum Gasteiger partial charge on any atom is -0.354 e. The molecule has 88 valence electrons. The molecule has 3 nitrogen and oxygen atoms in total. The summed E-state index contributed by atoms with van der Waals surface area (Å²) in [5.41, 5.74) is -0.412. The van der Waals surface area contributed by atoms with E-state index in [1.54, 1.807) is 0 Å². The molecular weight excluding hydrogens is 200 g/mol. The average Bonchev–Trinajstić information content (AvgIpc) is 2.73. The van der Waals surface area contributed by atoms with E-state index in [9.17, 15) is 10.1 Å². The topological polar surface area (TPSA) is 52.9 Å². The summed E-state index contributed by atoms with van der Waals surface area (Å²) in [7, 11) is 0. The summed E-state index contributed by atoms with van der Waals surface area (Å²) in [5.74, 6) is -0.0272. The van der Waals surface area contributed by atoms with Crippen molar-refractivity contribution in [3.63, 3.8) is 0 Å². The number of rotatable bonds is 3. The molecule has 0 radical (unpaired) electrons. The largest absolute Gasteiger partial charge is 0.354 e. The number of hydrogen-bond acceptors (Lipinski definition) is 2. The molecule has 2 saturated carbocycles.